The van der Waals surface area contributed by atoms with E-state index in [2.05, 4.69) is 5.32 Å². The van der Waals surface area contributed by atoms with Crippen LogP contribution in [0, 0.1) is 0 Å². The second kappa shape index (κ2) is 7.37. The molecule has 0 aromatic heterocycles. The molecule has 0 atom stereocenters. The molecule has 0 aliphatic heterocycles. The Morgan fingerprint density at radius 2 is 1.67 bits per heavy atom. The Hall–Kier alpha value is -0.240. The molecule has 3 heteroatoms. The van der Waals surface area contributed by atoms with Crippen molar-refractivity contribution in [2.45, 2.75) is 57.5 Å². The van der Waals surface area contributed by atoms with E-state index in [9.17, 15) is 0 Å². The summed E-state index contributed by atoms with van der Waals surface area (Å²) < 4.78 is 0. The van der Waals surface area contributed by atoms with E-state index in [4.69, 9.17) is 23.2 Å². The first-order chi connectivity index (χ1) is 8.75. The van der Waals surface area contributed by atoms with Crippen molar-refractivity contribution in [1.29, 1.82) is 0 Å². The summed E-state index contributed by atoms with van der Waals surface area (Å²) in [6.45, 7) is 0.823. The van der Waals surface area contributed by atoms with Crippen LogP contribution in [0.25, 0.3) is 0 Å². The lowest BCUT2D eigenvalue weighted by Gasteiger charge is -2.21. The van der Waals surface area contributed by atoms with E-state index < -0.39 is 0 Å². The Morgan fingerprint density at radius 3 is 2.39 bits per heavy atom. The van der Waals surface area contributed by atoms with Crippen LogP contribution in [0.3, 0.4) is 0 Å². The van der Waals surface area contributed by atoms with Gasteiger partial charge in [-0.3, -0.25) is 0 Å². The fraction of sp³-hybridized carbons (Fsp3) is 0.600. The van der Waals surface area contributed by atoms with E-state index in [1.54, 1.807) is 0 Å². The first-order valence-electron chi connectivity index (χ1n) is 6.93. The highest BCUT2D eigenvalue weighted by Gasteiger charge is 2.11. The van der Waals surface area contributed by atoms with Crippen LogP contribution in [0.15, 0.2) is 18.2 Å². The van der Waals surface area contributed by atoms with E-state index in [0.29, 0.717) is 6.04 Å². The van der Waals surface area contributed by atoms with Crippen molar-refractivity contribution in [3.8, 4) is 0 Å². The van der Waals surface area contributed by atoms with Crippen LogP contribution in [-0.2, 0) is 6.54 Å². The Kier molecular flexibility index (Phi) is 5.81. The topological polar surface area (TPSA) is 12.0 Å². The molecule has 1 aliphatic rings. The van der Waals surface area contributed by atoms with Crippen molar-refractivity contribution in [3.05, 3.63) is 33.8 Å². The molecular formula is C15H21Cl2N. The molecule has 0 radical (unpaired) electrons. The van der Waals surface area contributed by atoms with Gasteiger partial charge in [-0.05, 0) is 36.6 Å². The molecule has 1 aliphatic carbocycles. The molecule has 100 valence electrons. The molecule has 0 bridgehead atoms. The highest BCUT2D eigenvalue weighted by molar-refractivity contribution is 6.33. The molecule has 0 spiro atoms. The van der Waals surface area contributed by atoms with Crippen molar-refractivity contribution in [2.24, 2.45) is 0 Å². The molecule has 2 rings (SSSR count). The fourth-order valence-corrected chi connectivity index (χ4v) is 2.97. The van der Waals surface area contributed by atoms with Gasteiger partial charge in [0.1, 0.15) is 0 Å². The zero-order valence-electron chi connectivity index (χ0n) is 10.7. The van der Waals surface area contributed by atoms with Gasteiger partial charge in [0.2, 0.25) is 0 Å². The maximum absolute atomic E-state index is 6.17. The number of hydrogen-bond acceptors (Lipinski definition) is 1. The van der Waals surface area contributed by atoms with Crippen molar-refractivity contribution in [1.82, 2.24) is 5.32 Å². The van der Waals surface area contributed by atoms with E-state index in [-0.39, 0.29) is 0 Å². The lowest BCUT2D eigenvalue weighted by Crippen LogP contribution is -2.29. The molecule has 0 heterocycles. The highest BCUT2D eigenvalue weighted by atomic mass is 35.5. The van der Waals surface area contributed by atoms with Crippen LogP contribution < -0.4 is 5.32 Å². The Balaban J connectivity index is 1.87. The number of benzene rings is 1. The molecule has 1 nitrogen and oxygen atoms in total. The summed E-state index contributed by atoms with van der Waals surface area (Å²) in [5.74, 6) is 0. The third-order valence-electron chi connectivity index (χ3n) is 3.69. The molecular weight excluding hydrogens is 265 g/mol. The van der Waals surface area contributed by atoms with Crippen molar-refractivity contribution >= 4 is 23.2 Å². The second-order valence-corrected chi connectivity index (χ2v) is 6.00. The van der Waals surface area contributed by atoms with Gasteiger partial charge >= 0.3 is 0 Å². The van der Waals surface area contributed by atoms with E-state index in [1.807, 2.05) is 18.2 Å². The normalized spacial score (nSPS) is 18.3. The number of rotatable bonds is 3. The number of hydrogen-bond donors (Lipinski definition) is 1. The predicted octanol–water partition coefficient (Wildman–Crippen LogP) is 5.20. The van der Waals surface area contributed by atoms with E-state index in [0.717, 1.165) is 22.2 Å². The third kappa shape index (κ3) is 4.46. The van der Waals surface area contributed by atoms with Crippen LogP contribution in [-0.4, -0.2) is 6.04 Å². The fourth-order valence-electron chi connectivity index (χ4n) is 2.59. The molecule has 0 saturated heterocycles. The summed E-state index contributed by atoms with van der Waals surface area (Å²) in [5, 5.41) is 5.19. The Labute approximate surface area is 120 Å². The lowest BCUT2D eigenvalue weighted by molar-refractivity contribution is 0.389. The molecule has 1 fully saturated rings. The molecule has 18 heavy (non-hydrogen) atoms. The van der Waals surface area contributed by atoms with Crippen molar-refractivity contribution in [3.63, 3.8) is 0 Å². The van der Waals surface area contributed by atoms with Gasteiger partial charge in [0.05, 0.1) is 0 Å². The lowest BCUT2D eigenvalue weighted by atomic mass is 9.96. The molecule has 1 aromatic rings. The van der Waals surface area contributed by atoms with Crippen molar-refractivity contribution in [2.75, 3.05) is 0 Å². The summed E-state index contributed by atoms with van der Waals surface area (Å²) in [5.41, 5.74) is 1.10. The zero-order valence-corrected chi connectivity index (χ0v) is 12.2. The summed E-state index contributed by atoms with van der Waals surface area (Å²) in [4.78, 5) is 0. The predicted molar refractivity (Wildman–Crippen MR) is 79.4 cm³/mol. The van der Waals surface area contributed by atoms with Gasteiger partial charge in [-0.25, -0.2) is 0 Å². The molecule has 0 unspecified atom stereocenters. The van der Waals surface area contributed by atoms with Gasteiger partial charge in [-0.1, -0.05) is 55.3 Å². The minimum Gasteiger partial charge on any atom is -0.310 e. The third-order valence-corrected chi connectivity index (χ3v) is 4.30. The molecule has 0 amide bonds. The molecule has 1 aromatic carbocycles. The van der Waals surface area contributed by atoms with Gasteiger partial charge in [-0.15, -0.1) is 0 Å². The number of halogens is 2. The van der Waals surface area contributed by atoms with Gasteiger partial charge in [-0.2, -0.15) is 0 Å². The van der Waals surface area contributed by atoms with Gasteiger partial charge in [0.15, 0.2) is 0 Å². The van der Waals surface area contributed by atoms with Crippen LogP contribution >= 0.6 is 23.2 Å². The largest absolute Gasteiger partial charge is 0.310 e. The maximum atomic E-state index is 6.17. The van der Waals surface area contributed by atoms with Gasteiger partial charge in [0.25, 0.3) is 0 Å². The van der Waals surface area contributed by atoms with Gasteiger partial charge < -0.3 is 5.32 Å². The monoisotopic (exact) mass is 285 g/mol. The van der Waals surface area contributed by atoms with E-state index in [1.165, 1.54) is 44.9 Å². The van der Waals surface area contributed by atoms with E-state index >= 15 is 0 Å². The standard InChI is InChI=1S/C15H21Cl2N/c16-13-8-9-15(17)12(10-13)11-18-14-6-4-2-1-3-5-7-14/h8-10,14,18H,1-7,11H2. The summed E-state index contributed by atoms with van der Waals surface area (Å²) in [6.07, 6.45) is 9.46. The molecule has 1 saturated carbocycles. The van der Waals surface area contributed by atoms with Gasteiger partial charge in [0, 0.05) is 22.6 Å². The minimum absolute atomic E-state index is 0.639. The summed E-state index contributed by atoms with van der Waals surface area (Å²) >= 11 is 12.2. The van der Waals surface area contributed by atoms with Crippen LogP contribution in [0.2, 0.25) is 10.0 Å². The average molecular weight is 286 g/mol. The quantitative estimate of drug-likeness (QED) is 0.805. The Morgan fingerprint density at radius 1 is 1.00 bits per heavy atom. The number of nitrogens with one attached hydrogen (secondary N) is 1. The van der Waals surface area contributed by atoms with Crippen LogP contribution in [0.5, 0.6) is 0 Å². The van der Waals surface area contributed by atoms with Crippen LogP contribution in [0.1, 0.15) is 50.5 Å². The maximum Gasteiger partial charge on any atom is 0.0451 e. The summed E-state index contributed by atoms with van der Waals surface area (Å²) in [6, 6.07) is 6.31. The second-order valence-electron chi connectivity index (χ2n) is 5.16. The molecule has 1 N–H and O–H groups in total. The zero-order chi connectivity index (χ0) is 12.8. The first-order valence-corrected chi connectivity index (χ1v) is 7.68. The van der Waals surface area contributed by atoms with Crippen LogP contribution in [0.4, 0.5) is 0 Å². The highest BCUT2D eigenvalue weighted by Crippen LogP contribution is 2.22. The smallest absolute Gasteiger partial charge is 0.0451 e. The average Bonchev–Trinajstić information content (AvgIpc) is 2.32. The minimum atomic E-state index is 0.639. The SMILES string of the molecule is Clc1ccc(Cl)c(CNC2CCCCCCC2)c1. The van der Waals surface area contributed by atoms with Crippen molar-refractivity contribution < 1.29 is 0 Å². The Bertz CT molecular complexity index is 371. The summed E-state index contributed by atoms with van der Waals surface area (Å²) in [7, 11) is 0. The first kappa shape index (κ1) is 14.2.